The van der Waals surface area contributed by atoms with Gasteiger partial charge in [-0.2, -0.15) is 0 Å². The van der Waals surface area contributed by atoms with Gasteiger partial charge in [0.2, 0.25) is 5.91 Å². The highest BCUT2D eigenvalue weighted by molar-refractivity contribution is 5.86. The van der Waals surface area contributed by atoms with Crippen molar-refractivity contribution in [2.45, 2.75) is 25.9 Å². The first-order valence-corrected chi connectivity index (χ1v) is 5.09. The summed E-state index contributed by atoms with van der Waals surface area (Å²) >= 11 is 0. The topological polar surface area (TPSA) is 87.5 Å². The number of urea groups is 1. The number of nitrogens with two attached hydrogens (primary N) is 1. The maximum Gasteiger partial charge on any atom is 0.318 e. The molecule has 1 atom stereocenters. The first-order valence-electron chi connectivity index (χ1n) is 5.09. The fourth-order valence-corrected chi connectivity index (χ4v) is 1.53. The van der Waals surface area contributed by atoms with E-state index in [1.54, 1.807) is 0 Å². The number of hydrogen-bond acceptors (Lipinski definition) is 3. The van der Waals surface area contributed by atoms with Crippen molar-refractivity contribution < 1.29 is 9.59 Å². The Morgan fingerprint density at radius 3 is 2.73 bits per heavy atom. The summed E-state index contributed by atoms with van der Waals surface area (Å²) in [5.74, 6) is -0.471. The van der Waals surface area contributed by atoms with Crippen LogP contribution in [0.5, 0.6) is 0 Å². The Bertz CT molecular complexity index is 254. The van der Waals surface area contributed by atoms with Crippen LogP contribution in [0.2, 0.25) is 0 Å². The highest BCUT2D eigenvalue weighted by Crippen LogP contribution is 2.03. The molecule has 1 unspecified atom stereocenters. The van der Waals surface area contributed by atoms with Gasteiger partial charge in [0.05, 0.1) is 0 Å². The standard InChI is InChI=1S/C9H18N4O2/c1-6(2)12-9(15)13-4-3-11-5-7(13)8(10)14/h6-7,11H,3-5H2,1-2H3,(H2,10,14)(H,12,15). The van der Waals surface area contributed by atoms with Crippen LogP contribution in [0.1, 0.15) is 13.8 Å². The molecule has 0 radical (unpaired) electrons. The van der Waals surface area contributed by atoms with Crippen LogP contribution in [-0.4, -0.2) is 48.6 Å². The lowest BCUT2D eigenvalue weighted by Crippen LogP contribution is -2.61. The highest BCUT2D eigenvalue weighted by atomic mass is 16.2. The predicted octanol–water partition coefficient (Wildman–Crippen LogP) is -1.14. The summed E-state index contributed by atoms with van der Waals surface area (Å²) < 4.78 is 0. The molecule has 86 valence electrons. The quantitative estimate of drug-likeness (QED) is 0.543. The van der Waals surface area contributed by atoms with E-state index in [4.69, 9.17) is 5.73 Å². The number of primary amides is 1. The van der Waals surface area contributed by atoms with Crippen LogP contribution >= 0.6 is 0 Å². The summed E-state index contributed by atoms with van der Waals surface area (Å²) in [6.45, 7) is 5.38. The van der Waals surface area contributed by atoms with Gasteiger partial charge < -0.3 is 21.3 Å². The van der Waals surface area contributed by atoms with Gasteiger partial charge in [0.15, 0.2) is 0 Å². The summed E-state index contributed by atoms with van der Waals surface area (Å²) in [5, 5.41) is 5.78. The maximum atomic E-state index is 11.7. The van der Waals surface area contributed by atoms with Crippen molar-refractivity contribution in [1.82, 2.24) is 15.5 Å². The number of carbonyl (C=O) groups is 2. The molecule has 1 heterocycles. The average Bonchev–Trinajstić information content (AvgIpc) is 2.16. The fourth-order valence-electron chi connectivity index (χ4n) is 1.53. The zero-order valence-electron chi connectivity index (χ0n) is 9.12. The Balaban J connectivity index is 2.63. The van der Waals surface area contributed by atoms with E-state index in [2.05, 4.69) is 10.6 Å². The van der Waals surface area contributed by atoms with Gasteiger partial charge in [-0.15, -0.1) is 0 Å². The molecule has 0 aromatic heterocycles. The van der Waals surface area contributed by atoms with Crippen LogP contribution in [0.15, 0.2) is 0 Å². The van der Waals surface area contributed by atoms with Gasteiger partial charge in [0.1, 0.15) is 6.04 Å². The number of carbonyl (C=O) groups excluding carboxylic acids is 2. The highest BCUT2D eigenvalue weighted by Gasteiger charge is 2.30. The minimum atomic E-state index is -0.544. The molecule has 1 aliphatic heterocycles. The predicted molar refractivity (Wildman–Crippen MR) is 56.2 cm³/mol. The molecule has 1 saturated heterocycles. The molecular formula is C9H18N4O2. The molecule has 3 amide bonds. The monoisotopic (exact) mass is 214 g/mol. The van der Waals surface area contributed by atoms with Crippen LogP contribution in [0, 0.1) is 0 Å². The lowest BCUT2D eigenvalue weighted by Gasteiger charge is -2.34. The van der Waals surface area contributed by atoms with Gasteiger partial charge in [0.25, 0.3) is 0 Å². The van der Waals surface area contributed by atoms with Gasteiger partial charge in [-0.1, -0.05) is 0 Å². The van der Waals surface area contributed by atoms with E-state index in [0.717, 1.165) is 0 Å². The van der Waals surface area contributed by atoms with Gasteiger partial charge >= 0.3 is 6.03 Å². The number of nitrogens with zero attached hydrogens (tertiary/aromatic N) is 1. The van der Waals surface area contributed by atoms with E-state index < -0.39 is 11.9 Å². The third-order valence-electron chi connectivity index (χ3n) is 2.24. The summed E-state index contributed by atoms with van der Waals surface area (Å²) in [5.41, 5.74) is 5.23. The van der Waals surface area contributed by atoms with Crippen molar-refractivity contribution in [3.8, 4) is 0 Å². The molecule has 0 bridgehead atoms. The minimum Gasteiger partial charge on any atom is -0.368 e. The fraction of sp³-hybridized carbons (Fsp3) is 0.778. The first-order chi connectivity index (χ1) is 7.02. The molecular weight excluding hydrogens is 196 g/mol. The van der Waals surface area contributed by atoms with E-state index in [1.165, 1.54) is 4.90 Å². The Morgan fingerprint density at radius 1 is 1.53 bits per heavy atom. The molecule has 0 aliphatic carbocycles. The van der Waals surface area contributed by atoms with Crippen molar-refractivity contribution in [1.29, 1.82) is 0 Å². The SMILES string of the molecule is CC(C)NC(=O)N1CCNCC1C(N)=O. The van der Waals surface area contributed by atoms with Crippen molar-refractivity contribution in [3.63, 3.8) is 0 Å². The number of rotatable bonds is 2. The number of hydrogen-bond donors (Lipinski definition) is 3. The van der Waals surface area contributed by atoms with Crippen LogP contribution in [0.4, 0.5) is 4.79 Å². The number of amides is 3. The van der Waals surface area contributed by atoms with Gasteiger partial charge in [0, 0.05) is 25.7 Å². The van der Waals surface area contributed by atoms with E-state index in [0.29, 0.717) is 19.6 Å². The van der Waals surface area contributed by atoms with E-state index in [9.17, 15) is 9.59 Å². The molecule has 1 rings (SSSR count). The molecule has 0 aromatic carbocycles. The summed E-state index contributed by atoms with van der Waals surface area (Å²) in [6.07, 6.45) is 0. The van der Waals surface area contributed by atoms with Gasteiger partial charge in [-0.25, -0.2) is 4.79 Å². The molecule has 15 heavy (non-hydrogen) atoms. The molecule has 6 heteroatoms. The molecule has 1 aliphatic rings. The third kappa shape index (κ3) is 3.09. The first kappa shape index (κ1) is 11.8. The van der Waals surface area contributed by atoms with Crippen molar-refractivity contribution in [2.75, 3.05) is 19.6 Å². The molecule has 4 N–H and O–H groups in total. The molecule has 6 nitrogen and oxygen atoms in total. The second kappa shape index (κ2) is 4.97. The maximum absolute atomic E-state index is 11.7. The molecule has 0 spiro atoms. The van der Waals surface area contributed by atoms with Gasteiger partial charge in [-0.05, 0) is 13.8 Å². The summed E-state index contributed by atoms with van der Waals surface area (Å²) in [4.78, 5) is 24.3. The van der Waals surface area contributed by atoms with Crippen LogP contribution in [0.25, 0.3) is 0 Å². The third-order valence-corrected chi connectivity index (χ3v) is 2.24. The van der Waals surface area contributed by atoms with Crippen molar-refractivity contribution in [2.24, 2.45) is 5.73 Å². The number of nitrogens with one attached hydrogen (secondary N) is 2. The average molecular weight is 214 g/mol. The van der Waals surface area contributed by atoms with E-state index in [-0.39, 0.29) is 12.1 Å². The van der Waals surface area contributed by atoms with Crippen molar-refractivity contribution >= 4 is 11.9 Å². The Labute approximate surface area is 89.2 Å². The van der Waals surface area contributed by atoms with Crippen LogP contribution < -0.4 is 16.4 Å². The smallest absolute Gasteiger partial charge is 0.318 e. The zero-order valence-corrected chi connectivity index (χ0v) is 9.12. The summed E-state index contributed by atoms with van der Waals surface area (Å²) in [6, 6.07) is -0.714. The largest absolute Gasteiger partial charge is 0.368 e. The lowest BCUT2D eigenvalue weighted by atomic mass is 10.2. The Morgan fingerprint density at radius 2 is 2.20 bits per heavy atom. The van der Waals surface area contributed by atoms with E-state index >= 15 is 0 Å². The molecule has 1 fully saturated rings. The zero-order chi connectivity index (χ0) is 11.4. The molecule has 0 aromatic rings. The second-order valence-electron chi connectivity index (χ2n) is 3.92. The lowest BCUT2D eigenvalue weighted by molar-refractivity contribution is -0.122. The van der Waals surface area contributed by atoms with Gasteiger partial charge in [-0.3, -0.25) is 4.79 Å². The molecule has 0 saturated carbocycles. The minimum absolute atomic E-state index is 0.0564. The van der Waals surface area contributed by atoms with E-state index in [1.807, 2.05) is 13.8 Å². The second-order valence-corrected chi connectivity index (χ2v) is 3.92. The normalized spacial score (nSPS) is 21.5. The number of piperazine rings is 1. The Kier molecular flexibility index (Phi) is 3.90. The van der Waals surface area contributed by atoms with Crippen LogP contribution in [0.3, 0.4) is 0 Å². The van der Waals surface area contributed by atoms with Crippen molar-refractivity contribution in [3.05, 3.63) is 0 Å². The Hall–Kier alpha value is -1.30. The van der Waals surface area contributed by atoms with Crippen LogP contribution in [-0.2, 0) is 4.79 Å². The summed E-state index contributed by atoms with van der Waals surface area (Å²) in [7, 11) is 0.